The summed E-state index contributed by atoms with van der Waals surface area (Å²) in [6.07, 6.45) is 2.82. The summed E-state index contributed by atoms with van der Waals surface area (Å²) in [4.78, 5) is 13.1. The van der Waals surface area contributed by atoms with Crippen molar-refractivity contribution in [1.29, 1.82) is 0 Å². The molecule has 8 heteroatoms. The van der Waals surface area contributed by atoms with Crippen molar-refractivity contribution >= 4 is 16.0 Å². The molecule has 1 fully saturated rings. The van der Waals surface area contributed by atoms with Crippen LogP contribution in [-0.4, -0.2) is 43.7 Å². The summed E-state index contributed by atoms with van der Waals surface area (Å²) in [5, 5.41) is 8.79. The van der Waals surface area contributed by atoms with Gasteiger partial charge in [0, 0.05) is 25.5 Å². The fourth-order valence-electron chi connectivity index (χ4n) is 2.28. The number of hydrogen-bond acceptors (Lipinski definition) is 4. The van der Waals surface area contributed by atoms with Gasteiger partial charge in [0.15, 0.2) is 0 Å². The standard InChI is InChI=1S/C12H18N2O5S/c1-8(9-2-4-19-5-3-9)14-20(17,18)10-6-11(12(15)16)13-7-10/h6-9,13-14H,2-5H2,1H3,(H,15,16). The van der Waals surface area contributed by atoms with Gasteiger partial charge in [0.1, 0.15) is 10.6 Å². The van der Waals surface area contributed by atoms with Crippen LogP contribution in [0.25, 0.3) is 0 Å². The van der Waals surface area contributed by atoms with Gasteiger partial charge in [-0.05, 0) is 31.7 Å². The number of aromatic amines is 1. The molecule has 1 aliphatic rings. The van der Waals surface area contributed by atoms with E-state index in [0.29, 0.717) is 13.2 Å². The number of carbonyl (C=O) groups is 1. The molecule has 1 aromatic rings. The molecule has 1 aliphatic heterocycles. The van der Waals surface area contributed by atoms with Crippen molar-refractivity contribution < 1.29 is 23.1 Å². The first-order valence-electron chi connectivity index (χ1n) is 6.42. The minimum atomic E-state index is -3.71. The third kappa shape index (κ3) is 3.38. The molecule has 2 heterocycles. The molecule has 0 saturated carbocycles. The Morgan fingerprint density at radius 3 is 2.70 bits per heavy atom. The average Bonchev–Trinajstić information content (AvgIpc) is 2.90. The summed E-state index contributed by atoms with van der Waals surface area (Å²) >= 11 is 0. The smallest absolute Gasteiger partial charge is 0.352 e. The summed E-state index contributed by atoms with van der Waals surface area (Å²) in [5.41, 5.74) is -0.149. The Morgan fingerprint density at radius 2 is 2.15 bits per heavy atom. The number of hydrogen-bond donors (Lipinski definition) is 3. The molecule has 0 radical (unpaired) electrons. The van der Waals surface area contributed by atoms with E-state index in [2.05, 4.69) is 9.71 Å². The fourth-order valence-corrected chi connectivity index (χ4v) is 3.58. The van der Waals surface area contributed by atoms with Crippen LogP contribution in [0.15, 0.2) is 17.2 Å². The Morgan fingerprint density at radius 1 is 1.50 bits per heavy atom. The Hall–Kier alpha value is -1.38. The van der Waals surface area contributed by atoms with Crippen molar-refractivity contribution in [2.24, 2.45) is 5.92 Å². The third-order valence-corrected chi connectivity index (χ3v) is 5.05. The fraction of sp³-hybridized carbons (Fsp3) is 0.583. The average molecular weight is 302 g/mol. The topological polar surface area (TPSA) is 108 Å². The Kier molecular flexibility index (Phi) is 4.46. The van der Waals surface area contributed by atoms with E-state index in [9.17, 15) is 13.2 Å². The molecule has 0 amide bonds. The maximum atomic E-state index is 12.2. The Bertz CT molecular complexity index is 574. The van der Waals surface area contributed by atoms with Gasteiger partial charge in [0.05, 0.1) is 0 Å². The van der Waals surface area contributed by atoms with Gasteiger partial charge in [-0.2, -0.15) is 0 Å². The number of carboxylic acids is 1. The summed E-state index contributed by atoms with van der Waals surface area (Å²) in [5.74, 6) is -0.958. The van der Waals surface area contributed by atoms with Crippen molar-refractivity contribution in [3.8, 4) is 0 Å². The van der Waals surface area contributed by atoms with E-state index in [1.165, 1.54) is 6.20 Å². The Labute approximate surface area is 117 Å². The lowest BCUT2D eigenvalue weighted by molar-refractivity contribution is 0.0585. The van der Waals surface area contributed by atoms with Crippen LogP contribution in [0.2, 0.25) is 0 Å². The maximum Gasteiger partial charge on any atom is 0.352 e. The zero-order valence-electron chi connectivity index (χ0n) is 11.1. The molecule has 2 rings (SSSR count). The highest BCUT2D eigenvalue weighted by Crippen LogP contribution is 2.20. The van der Waals surface area contributed by atoms with E-state index in [0.717, 1.165) is 18.9 Å². The first-order chi connectivity index (χ1) is 9.40. The zero-order chi connectivity index (χ0) is 14.8. The SMILES string of the molecule is CC(NS(=O)(=O)c1c[nH]c(C(=O)O)c1)C1CCOCC1. The number of ether oxygens (including phenoxy) is 1. The zero-order valence-corrected chi connectivity index (χ0v) is 11.9. The highest BCUT2D eigenvalue weighted by Gasteiger charge is 2.26. The van der Waals surface area contributed by atoms with E-state index in [-0.39, 0.29) is 22.5 Å². The monoisotopic (exact) mass is 302 g/mol. The predicted octanol–water partition coefficient (Wildman–Crippen LogP) is 0.806. The minimum absolute atomic E-state index is 0.0613. The molecule has 7 nitrogen and oxygen atoms in total. The van der Waals surface area contributed by atoms with Crippen LogP contribution in [0.3, 0.4) is 0 Å². The minimum Gasteiger partial charge on any atom is -0.477 e. The molecular weight excluding hydrogens is 284 g/mol. The number of aromatic carboxylic acids is 1. The van der Waals surface area contributed by atoms with Crippen LogP contribution in [0.1, 0.15) is 30.3 Å². The van der Waals surface area contributed by atoms with Crippen molar-refractivity contribution in [1.82, 2.24) is 9.71 Å². The number of carboxylic acid groups (broad SMARTS) is 1. The molecule has 1 aromatic heterocycles. The van der Waals surface area contributed by atoms with Crippen LogP contribution in [-0.2, 0) is 14.8 Å². The molecule has 1 atom stereocenters. The summed E-state index contributed by atoms with van der Waals surface area (Å²) < 4.78 is 32.2. The van der Waals surface area contributed by atoms with Crippen molar-refractivity contribution in [3.63, 3.8) is 0 Å². The molecule has 1 unspecified atom stereocenters. The molecular formula is C12H18N2O5S. The number of nitrogens with one attached hydrogen (secondary N) is 2. The quantitative estimate of drug-likeness (QED) is 0.745. The molecule has 0 aliphatic carbocycles. The van der Waals surface area contributed by atoms with Gasteiger partial charge in [-0.25, -0.2) is 17.9 Å². The highest BCUT2D eigenvalue weighted by molar-refractivity contribution is 7.89. The van der Waals surface area contributed by atoms with Gasteiger partial charge in [0.2, 0.25) is 10.0 Å². The second-order valence-corrected chi connectivity index (χ2v) is 6.63. The van der Waals surface area contributed by atoms with E-state index < -0.39 is 16.0 Å². The number of sulfonamides is 1. The predicted molar refractivity (Wildman–Crippen MR) is 71.1 cm³/mol. The highest BCUT2D eigenvalue weighted by atomic mass is 32.2. The second-order valence-electron chi connectivity index (χ2n) is 4.91. The lowest BCUT2D eigenvalue weighted by Crippen LogP contribution is -2.40. The molecule has 0 bridgehead atoms. The van der Waals surface area contributed by atoms with Gasteiger partial charge >= 0.3 is 5.97 Å². The molecule has 1 saturated heterocycles. The van der Waals surface area contributed by atoms with Crippen LogP contribution in [0.5, 0.6) is 0 Å². The molecule has 0 spiro atoms. The second kappa shape index (κ2) is 5.94. The van der Waals surface area contributed by atoms with Crippen molar-refractivity contribution in [3.05, 3.63) is 18.0 Å². The largest absolute Gasteiger partial charge is 0.477 e. The van der Waals surface area contributed by atoms with E-state index in [1.807, 2.05) is 6.92 Å². The number of aromatic nitrogens is 1. The van der Waals surface area contributed by atoms with Gasteiger partial charge in [-0.15, -0.1) is 0 Å². The number of H-pyrrole nitrogens is 1. The van der Waals surface area contributed by atoms with Crippen LogP contribution >= 0.6 is 0 Å². The van der Waals surface area contributed by atoms with Crippen LogP contribution in [0, 0.1) is 5.92 Å². The van der Waals surface area contributed by atoms with E-state index in [1.54, 1.807) is 0 Å². The van der Waals surface area contributed by atoms with E-state index in [4.69, 9.17) is 9.84 Å². The molecule has 112 valence electrons. The van der Waals surface area contributed by atoms with Crippen LogP contribution in [0.4, 0.5) is 0 Å². The van der Waals surface area contributed by atoms with Gasteiger partial charge in [-0.3, -0.25) is 0 Å². The number of rotatable bonds is 5. The van der Waals surface area contributed by atoms with Crippen LogP contribution < -0.4 is 4.72 Å². The summed E-state index contributed by atoms with van der Waals surface area (Å²) in [7, 11) is -3.71. The van der Waals surface area contributed by atoms with Crippen molar-refractivity contribution in [2.75, 3.05) is 13.2 Å². The summed E-state index contributed by atoms with van der Waals surface area (Å²) in [6, 6.07) is 0.897. The summed E-state index contributed by atoms with van der Waals surface area (Å²) in [6.45, 7) is 3.10. The lowest BCUT2D eigenvalue weighted by atomic mass is 9.94. The molecule has 0 aromatic carbocycles. The van der Waals surface area contributed by atoms with E-state index >= 15 is 0 Å². The van der Waals surface area contributed by atoms with Crippen molar-refractivity contribution in [2.45, 2.75) is 30.7 Å². The molecule has 3 N–H and O–H groups in total. The first kappa shape index (κ1) is 15.0. The molecule has 20 heavy (non-hydrogen) atoms. The van der Waals surface area contributed by atoms with Gasteiger partial charge in [-0.1, -0.05) is 0 Å². The lowest BCUT2D eigenvalue weighted by Gasteiger charge is -2.28. The maximum absolute atomic E-state index is 12.2. The third-order valence-electron chi connectivity index (χ3n) is 3.51. The van der Waals surface area contributed by atoms with Gasteiger partial charge in [0.25, 0.3) is 0 Å². The van der Waals surface area contributed by atoms with Gasteiger partial charge < -0.3 is 14.8 Å². The first-order valence-corrected chi connectivity index (χ1v) is 7.90. The normalized spacial score (nSPS) is 18.9. The Balaban J connectivity index is 2.07.